The summed E-state index contributed by atoms with van der Waals surface area (Å²) in [7, 11) is 1.71. The lowest BCUT2D eigenvalue weighted by Gasteiger charge is -2.20. The van der Waals surface area contributed by atoms with Gasteiger partial charge in [0, 0.05) is 12.6 Å². The lowest BCUT2D eigenvalue weighted by atomic mass is 10.0. The average Bonchev–Trinajstić information content (AvgIpc) is 2.34. The topological polar surface area (TPSA) is 47.3 Å². The van der Waals surface area contributed by atoms with Crippen molar-refractivity contribution in [3.8, 4) is 5.75 Å². The maximum atomic E-state index is 5.74. The zero-order valence-corrected chi connectivity index (χ0v) is 12.0. The van der Waals surface area contributed by atoms with Crippen molar-refractivity contribution in [2.75, 3.05) is 20.2 Å². The van der Waals surface area contributed by atoms with E-state index >= 15 is 0 Å². The van der Waals surface area contributed by atoms with Gasteiger partial charge in [-0.05, 0) is 43.0 Å². The molecule has 3 nitrogen and oxygen atoms in total. The predicted molar refractivity (Wildman–Crippen MR) is 77.1 cm³/mol. The molecule has 0 radical (unpaired) electrons. The number of benzene rings is 1. The third-order valence-electron chi connectivity index (χ3n) is 3.34. The van der Waals surface area contributed by atoms with Crippen molar-refractivity contribution in [2.24, 2.45) is 11.7 Å². The molecule has 0 aliphatic heterocycles. The van der Waals surface area contributed by atoms with Gasteiger partial charge < -0.3 is 15.8 Å². The van der Waals surface area contributed by atoms with Crippen LogP contribution in [-0.4, -0.2) is 26.2 Å². The molecule has 3 N–H and O–H groups in total. The highest BCUT2D eigenvalue weighted by atomic mass is 16.5. The molecule has 3 heteroatoms. The summed E-state index contributed by atoms with van der Waals surface area (Å²) in [5.41, 5.74) is 8.26. The Morgan fingerprint density at radius 3 is 2.56 bits per heavy atom. The van der Waals surface area contributed by atoms with E-state index in [0.717, 1.165) is 18.7 Å². The van der Waals surface area contributed by atoms with Crippen molar-refractivity contribution in [3.63, 3.8) is 0 Å². The second-order valence-electron chi connectivity index (χ2n) is 5.09. The van der Waals surface area contributed by atoms with Crippen LogP contribution in [0.3, 0.4) is 0 Å². The number of methoxy groups -OCH3 is 1. The smallest absolute Gasteiger partial charge is 0.121 e. The zero-order valence-electron chi connectivity index (χ0n) is 12.0. The second kappa shape index (κ2) is 7.39. The van der Waals surface area contributed by atoms with Gasteiger partial charge in [-0.2, -0.15) is 0 Å². The van der Waals surface area contributed by atoms with Crippen molar-refractivity contribution in [2.45, 2.75) is 33.2 Å². The summed E-state index contributed by atoms with van der Waals surface area (Å²) < 4.78 is 5.26. The molecule has 0 aliphatic carbocycles. The first-order valence-corrected chi connectivity index (χ1v) is 6.65. The molecular weight excluding hydrogens is 224 g/mol. The maximum absolute atomic E-state index is 5.74. The van der Waals surface area contributed by atoms with Gasteiger partial charge in [-0.1, -0.05) is 26.0 Å². The van der Waals surface area contributed by atoms with Gasteiger partial charge in [0.1, 0.15) is 5.75 Å². The highest BCUT2D eigenvalue weighted by Crippen LogP contribution is 2.18. The van der Waals surface area contributed by atoms with Gasteiger partial charge in [-0.15, -0.1) is 0 Å². The molecule has 0 bridgehead atoms. The van der Waals surface area contributed by atoms with Crippen LogP contribution in [0.5, 0.6) is 5.75 Å². The minimum atomic E-state index is 0.407. The van der Waals surface area contributed by atoms with E-state index in [9.17, 15) is 0 Å². The number of hydrogen-bond acceptors (Lipinski definition) is 3. The molecule has 0 fully saturated rings. The van der Waals surface area contributed by atoms with Gasteiger partial charge in [-0.3, -0.25) is 0 Å². The van der Waals surface area contributed by atoms with Gasteiger partial charge in [-0.25, -0.2) is 0 Å². The lowest BCUT2D eigenvalue weighted by Crippen LogP contribution is -2.41. The molecule has 0 saturated heterocycles. The lowest BCUT2D eigenvalue weighted by molar-refractivity contribution is 0.407. The van der Waals surface area contributed by atoms with Crippen LogP contribution in [0.4, 0.5) is 0 Å². The van der Waals surface area contributed by atoms with E-state index in [-0.39, 0.29) is 0 Å². The summed E-state index contributed by atoms with van der Waals surface area (Å²) in [6.07, 6.45) is 1.02. The fourth-order valence-electron chi connectivity index (χ4n) is 2.09. The molecule has 0 saturated carbocycles. The molecule has 1 unspecified atom stereocenters. The normalized spacial score (nSPS) is 12.8. The third kappa shape index (κ3) is 4.31. The first kappa shape index (κ1) is 15.0. The van der Waals surface area contributed by atoms with E-state index < -0.39 is 0 Å². The fourth-order valence-corrected chi connectivity index (χ4v) is 2.09. The van der Waals surface area contributed by atoms with Gasteiger partial charge in [0.05, 0.1) is 7.11 Å². The molecule has 102 valence electrons. The number of nitrogens with two attached hydrogens (primary N) is 1. The molecule has 0 heterocycles. The van der Waals surface area contributed by atoms with Crippen molar-refractivity contribution in [1.29, 1.82) is 0 Å². The Kier molecular flexibility index (Phi) is 6.16. The first-order chi connectivity index (χ1) is 8.58. The van der Waals surface area contributed by atoms with Crippen molar-refractivity contribution >= 4 is 0 Å². The van der Waals surface area contributed by atoms with E-state index in [0.29, 0.717) is 18.5 Å². The van der Waals surface area contributed by atoms with Gasteiger partial charge >= 0.3 is 0 Å². The summed E-state index contributed by atoms with van der Waals surface area (Å²) in [6, 6.07) is 6.76. The highest BCUT2D eigenvalue weighted by Gasteiger charge is 2.09. The first-order valence-electron chi connectivity index (χ1n) is 6.65. The minimum Gasteiger partial charge on any atom is -0.496 e. The van der Waals surface area contributed by atoms with Crippen LogP contribution in [0.15, 0.2) is 18.2 Å². The van der Waals surface area contributed by atoms with Crippen molar-refractivity contribution in [1.82, 2.24) is 5.32 Å². The molecule has 0 aliphatic rings. The summed E-state index contributed by atoms with van der Waals surface area (Å²) in [5, 5.41) is 3.51. The second-order valence-corrected chi connectivity index (χ2v) is 5.09. The van der Waals surface area contributed by atoms with E-state index in [1.807, 2.05) is 6.07 Å². The van der Waals surface area contributed by atoms with Crippen LogP contribution in [0.2, 0.25) is 0 Å². The largest absolute Gasteiger partial charge is 0.496 e. The third-order valence-corrected chi connectivity index (χ3v) is 3.34. The van der Waals surface area contributed by atoms with Crippen molar-refractivity contribution < 1.29 is 4.74 Å². The van der Waals surface area contributed by atoms with Crippen LogP contribution >= 0.6 is 0 Å². The molecule has 0 amide bonds. The highest BCUT2D eigenvalue weighted by molar-refractivity contribution is 5.36. The zero-order chi connectivity index (χ0) is 13.5. The monoisotopic (exact) mass is 250 g/mol. The van der Waals surface area contributed by atoms with Gasteiger partial charge in [0.25, 0.3) is 0 Å². The molecule has 1 aromatic carbocycles. The Morgan fingerprint density at radius 2 is 2.06 bits per heavy atom. The Morgan fingerprint density at radius 1 is 1.33 bits per heavy atom. The average molecular weight is 250 g/mol. The quantitative estimate of drug-likeness (QED) is 0.779. The molecule has 0 aromatic heterocycles. The van der Waals surface area contributed by atoms with Gasteiger partial charge in [0.15, 0.2) is 0 Å². The van der Waals surface area contributed by atoms with Crippen LogP contribution in [0, 0.1) is 12.8 Å². The van der Waals surface area contributed by atoms with Gasteiger partial charge in [0.2, 0.25) is 0 Å². The summed E-state index contributed by atoms with van der Waals surface area (Å²) in [5.74, 6) is 1.53. The van der Waals surface area contributed by atoms with E-state index in [2.05, 4.69) is 38.2 Å². The van der Waals surface area contributed by atoms with Crippen LogP contribution in [0.25, 0.3) is 0 Å². The number of ether oxygens (including phenoxy) is 1. The Bertz CT molecular complexity index is 364. The predicted octanol–water partition coefficient (Wildman–Crippen LogP) is 2.12. The SMILES string of the molecule is COc1ccc(CCNC(CN)C(C)C)cc1C. The number of aryl methyl sites for hydroxylation is 1. The Hall–Kier alpha value is -1.06. The van der Waals surface area contributed by atoms with E-state index in [1.165, 1.54) is 11.1 Å². The molecule has 18 heavy (non-hydrogen) atoms. The molecule has 1 aromatic rings. The minimum absolute atomic E-state index is 0.407. The summed E-state index contributed by atoms with van der Waals surface area (Å²) >= 11 is 0. The Labute approximate surface area is 111 Å². The maximum Gasteiger partial charge on any atom is 0.121 e. The van der Waals surface area contributed by atoms with E-state index in [4.69, 9.17) is 10.5 Å². The summed E-state index contributed by atoms with van der Waals surface area (Å²) in [6.45, 7) is 8.13. The van der Waals surface area contributed by atoms with Crippen LogP contribution < -0.4 is 15.8 Å². The molecule has 1 atom stereocenters. The number of rotatable bonds is 7. The summed E-state index contributed by atoms with van der Waals surface area (Å²) in [4.78, 5) is 0. The fraction of sp³-hybridized carbons (Fsp3) is 0.600. The Balaban J connectivity index is 2.46. The van der Waals surface area contributed by atoms with Crippen molar-refractivity contribution in [3.05, 3.63) is 29.3 Å². The molecule has 1 rings (SSSR count). The van der Waals surface area contributed by atoms with Crippen LogP contribution in [0.1, 0.15) is 25.0 Å². The standard InChI is InChI=1S/C15H26N2O/c1-11(2)14(10-16)17-8-7-13-5-6-15(18-4)12(3)9-13/h5-6,9,11,14,17H,7-8,10,16H2,1-4H3. The number of hydrogen-bond donors (Lipinski definition) is 2. The molecular formula is C15H26N2O. The molecule has 0 spiro atoms. The number of nitrogens with one attached hydrogen (secondary N) is 1. The van der Waals surface area contributed by atoms with E-state index in [1.54, 1.807) is 7.11 Å². The van der Waals surface area contributed by atoms with Crippen LogP contribution in [-0.2, 0) is 6.42 Å².